The van der Waals surface area contributed by atoms with Gasteiger partial charge in [0.15, 0.2) is 0 Å². The number of carbonyl (C=O) groups excluding carboxylic acids is 2. The fraction of sp³-hybridized carbons (Fsp3) is 0.364. The highest BCUT2D eigenvalue weighted by Gasteiger charge is 2.39. The van der Waals surface area contributed by atoms with Crippen molar-refractivity contribution in [3.05, 3.63) is 65.7 Å². The molecule has 1 heterocycles. The SMILES string of the molecule is CC(C)(C)NC(=O)[C@H]1CCN(c2ccccc2Cc2ccccc2)C1=O. The Bertz CT molecular complexity index is 793. The van der Waals surface area contributed by atoms with Gasteiger partial charge in [0, 0.05) is 17.8 Å². The second-order valence-electron chi connectivity index (χ2n) is 7.86. The third-order valence-corrected chi connectivity index (χ3v) is 4.54. The number of nitrogens with one attached hydrogen (secondary N) is 1. The molecule has 0 spiro atoms. The van der Waals surface area contributed by atoms with Crippen LogP contribution in [0.2, 0.25) is 0 Å². The molecule has 2 amide bonds. The smallest absolute Gasteiger partial charge is 0.239 e. The van der Waals surface area contributed by atoms with E-state index < -0.39 is 5.92 Å². The van der Waals surface area contributed by atoms with Crippen LogP contribution in [0, 0.1) is 5.92 Å². The number of hydrogen-bond acceptors (Lipinski definition) is 2. The Balaban J connectivity index is 1.80. The highest BCUT2D eigenvalue weighted by Crippen LogP contribution is 2.30. The van der Waals surface area contributed by atoms with Crippen molar-refractivity contribution in [2.24, 2.45) is 5.92 Å². The lowest BCUT2D eigenvalue weighted by molar-refractivity contribution is -0.133. The number of anilines is 1. The number of nitrogens with zero attached hydrogens (tertiary/aromatic N) is 1. The molecule has 0 saturated carbocycles. The van der Waals surface area contributed by atoms with Crippen molar-refractivity contribution < 1.29 is 9.59 Å². The summed E-state index contributed by atoms with van der Waals surface area (Å²) in [7, 11) is 0. The molecule has 4 nitrogen and oxygen atoms in total. The maximum Gasteiger partial charge on any atom is 0.239 e. The number of para-hydroxylation sites is 1. The monoisotopic (exact) mass is 350 g/mol. The Hall–Kier alpha value is -2.62. The Kier molecular flexibility index (Phi) is 5.12. The van der Waals surface area contributed by atoms with Crippen molar-refractivity contribution in [2.45, 2.75) is 39.2 Å². The molecule has 1 aliphatic rings. The number of carbonyl (C=O) groups is 2. The van der Waals surface area contributed by atoms with E-state index in [0.717, 1.165) is 17.7 Å². The van der Waals surface area contributed by atoms with Gasteiger partial charge in [-0.1, -0.05) is 48.5 Å². The van der Waals surface area contributed by atoms with E-state index in [2.05, 4.69) is 23.5 Å². The van der Waals surface area contributed by atoms with Gasteiger partial charge in [-0.05, 0) is 50.8 Å². The van der Waals surface area contributed by atoms with Crippen LogP contribution < -0.4 is 10.2 Å². The van der Waals surface area contributed by atoms with E-state index in [9.17, 15) is 9.59 Å². The summed E-state index contributed by atoms with van der Waals surface area (Å²) in [6, 6.07) is 18.2. The first-order valence-electron chi connectivity index (χ1n) is 9.10. The van der Waals surface area contributed by atoms with Crippen LogP contribution in [0.25, 0.3) is 0 Å². The van der Waals surface area contributed by atoms with Crippen molar-refractivity contribution in [2.75, 3.05) is 11.4 Å². The molecule has 0 aliphatic carbocycles. The van der Waals surface area contributed by atoms with E-state index in [1.807, 2.05) is 57.2 Å². The first-order chi connectivity index (χ1) is 12.3. The molecule has 0 aromatic heterocycles. The molecule has 2 aromatic carbocycles. The quantitative estimate of drug-likeness (QED) is 0.858. The molecule has 136 valence electrons. The summed E-state index contributed by atoms with van der Waals surface area (Å²) in [6.07, 6.45) is 1.32. The van der Waals surface area contributed by atoms with Crippen LogP contribution in [-0.4, -0.2) is 23.9 Å². The molecule has 26 heavy (non-hydrogen) atoms. The first kappa shape index (κ1) is 18.2. The maximum atomic E-state index is 12.9. The summed E-state index contributed by atoms with van der Waals surface area (Å²) < 4.78 is 0. The minimum absolute atomic E-state index is 0.104. The Morgan fingerprint density at radius 1 is 1.08 bits per heavy atom. The van der Waals surface area contributed by atoms with Gasteiger partial charge in [-0.25, -0.2) is 0 Å². The lowest BCUT2D eigenvalue weighted by atomic mass is 10.0. The second-order valence-corrected chi connectivity index (χ2v) is 7.86. The third kappa shape index (κ3) is 4.13. The van der Waals surface area contributed by atoms with Crippen molar-refractivity contribution in [3.8, 4) is 0 Å². The van der Waals surface area contributed by atoms with Gasteiger partial charge in [-0.3, -0.25) is 9.59 Å². The van der Waals surface area contributed by atoms with Gasteiger partial charge in [0.05, 0.1) is 0 Å². The molecule has 0 bridgehead atoms. The summed E-state index contributed by atoms with van der Waals surface area (Å²) in [5, 5.41) is 2.93. The van der Waals surface area contributed by atoms with E-state index >= 15 is 0 Å². The van der Waals surface area contributed by atoms with E-state index in [-0.39, 0.29) is 17.4 Å². The summed E-state index contributed by atoms with van der Waals surface area (Å²) in [5.74, 6) is -0.878. The van der Waals surface area contributed by atoms with Crippen molar-refractivity contribution in [1.82, 2.24) is 5.32 Å². The fourth-order valence-corrected chi connectivity index (χ4v) is 3.36. The van der Waals surface area contributed by atoms with Gasteiger partial charge in [0.2, 0.25) is 11.8 Å². The summed E-state index contributed by atoms with van der Waals surface area (Å²) in [5.41, 5.74) is 2.88. The molecule has 2 aromatic rings. The minimum atomic E-state index is -0.598. The topological polar surface area (TPSA) is 49.4 Å². The van der Waals surface area contributed by atoms with Crippen molar-refractivity contribution in [3.63, 3.8) is 0 Å². The predicted octanol–water partition coefficient (Wildman–Crippen LogP) is 3.55. The van der Waals surface area contributed by atoms with Crippen LogP contribution in [0.3, 0.4) is 0 Å². The van der Waals surface area contributed by atoms with Gasteiger partial charge >= 0.3 is 0 Å². The number of rotatable bonds is 4. The van der Waals surface area contributed by atoms with Gasteiger partial charge in [-0.15, -0.1) is 0 Å². The summed E-state index contributed by atoms with van der Waals surface area (Å²) in [4.78, 5) is 27.1. The normalized spacial score (nSPS) is 17.4. The lowest BCUT2D eigenvalue weighted by Gasteiger charge is -2.23. The second kappa shape index (κ2) is 7.32. The van der Waals surface area contributed by atoms with Gasteiger partial charge in [0.25, 0.3) is 0 Å². The van der Waals surface area contributed by atoms with Gasteiger partial charge < -0.3 is 10.2 Å². The molecule has 3 rings (SSSR count). The van der Waals surface area contributed by atoms with Crippen LogP contribution in [0.5, 0.6) is 0 Å². The molecular weight excluding hydrogens is 324 g/mol. The average molecular weight is 350 g/mol. The molecule has 1 saturated heterocycles. The van der Waals surface area contributed by atoms with Crippen LogP contribution in [0.15, 0.2) is 54.6 Å². The van der Waals surface area contributed by atoms with E-state index in [4.69, 9.17) is 0 Å². The standard InChI is InChI=1S/C22H26N2O2/c1-22(2,3)23-20(25)18-13-14-24(21(18)26)19-12-8-7-11-17(19)15-16-9-5-4-6-10-16/h4-12,18H,13-15H2,1-3H3,(H,23,25)/t18-/m1/s1. The van der Waals surface area contributed by atoms with E-state index in [1.165, 1.54) is 5.56 Å². The van der Waals surface area contributed by atoms with Crippen LogP contribution in [-0.2, 0) is 16.0 Å². The third-order valence-electron chi connectivity index (χ3n) is 4.54. The Morgan fingerprint density at radius 3 is 2.42 bits per heavy atom. The lowest BCUT2D eigenvalue weighted by Crippen LogP contribution is -2.46. The van der Waals surface area contributed by atoms with Crippen LogP contribution in [0.4, 0.5) is 5.69 Å². The van der Waals surface area contributed by atoms with E-state index in [0.29, 0.717) is 13.0 Å². The molecule has 4 heteroatoms. The molecular formula is C22H26N2O2. The Labute approximate surface area is 155 Å². The number of amides is 2. The zero-order chi connectivity index (χ0) is 18.7. The highest BCUT2D eigenvalue weighted by molar-refractivity contribution is 6.10. The van der Waals surface area contributed by atoms with Crippen molar-refractivity contribution in [1.29, 1.82) is 0 Å². The molecule has 0 unspecified atom stereocenters. The van der Waals surface area contributed by atoms with E-state index in [1.54, 1.807) is 4.90 Å². The number of benzene rings is 2. The molecule has 0 radical (unpaired) electrons. The minimum Gasteiger partial charge on any atom is -0.351 e. The summed E-state index contributed by atoms with van der Waals surface area (Å²) >= 11 is 0. The Morgan fingerprint density at radius 2 is 1.73 bits per heavy atom. The van der Waals surface area contributed by atoms with Gasteiger partial charge in [-0.2, -0.15) is 0 Å². The van der Waals surface area contributed by atoms with Crippen LogP contribution >= 0.6 is 0 Å². The van der Waals surface area contributed by atoms with Crippen LogP contribution in [0.1, 0.15) is 38.3 Å². The molecule has 1 atom stereocenters. The zero-order valence-corrected chi connectivity index (χ0v) is 15.7. The average Bonchev–Trinajstić information content (AvgIpc) is 2.96. The predicted molar refractivity (Wildman–Crippen MR) is 104 cm³/mol. The maximum absolute atomic E-state index is 12.9. The molecule has 1 aliphatic heterocycles. The van der Waals surface area contributed by atoms with Gasteiger partial charge in [0.1, 0.15) is 5.92 Å². The largest absolute Gasteiger partial charge is 0.351 e. The number of hydrogen-bond donors (Lipinski definition) is 1. The fourth-order valence-electron chi connectivity index (χ4n) is 3.36. The summed E-state index contributed by atoms with van der Waals surface area (Å²) in [6.45, 7) is 6.36. The molecule has 1 fully saturated rings. The molecule has 1 N–H and O–H groups in total. The van der Waals surface area contributed by atoms with Crippen molar-refractivity contribution >= 4 is 17.5 Å². The zero-order valence-electron chi connectivity index (χ0n) is 15.7. The first-order valence-corrected chi connectivity index (χ1v) is 9.10. The highest BCUT2D eigenvalue weighted by atomic mass is 16.2.